The van der Waals surface area contributed by atoms with Gasteiger partial charge in [0.25, 0.3) is 0 Å². The molecule has 1 aliphatic carbocycles. The first kappa shape index (κ1) is 11.6. The third kappa shape index (κ3) is 1.87. The van der Waals surface area contributed by atoms with Gasteiger partial charge in [0, 0.05) is 11.1 Å². The standard InChI is InChI=1S/C14H12BrNO2/c1-17-16-13-5-3-9-8-10(2-4-11(9)13)14-12(15)6-7-18-14/h2,4-8,16H,3H2,1H3. The van der Waals surface area contributed by atoms with Crippen molar-refractivity contribution in [3.05, 3.63) is 52.2 Å². The van der Waals surface area contributed by atoms with Crippen LogP contribution in [0.4, 0.5) is 0 Å². The molecule has 0 saturated carbocycles. The molecule has 0 radical (unpaired) electrons. The lowest BCUT2D eigenvalue weighted by molar-refractivity contribution is 0.137. The number of hydrogen-bond donors (Lipinski definition) is 1. The fourth-order valence-electron chi connectivity index (χ4n) is 2.19. The van der Waals surface area contributed by atoms with Gasteiger partial charge in [0.05, 0.1) is 23.5 Å². The van der Waals surface area contributed by atoms with Crippen molar-refractivity contribution in [1.29, 1.82) is 0 Å². The van der Waals surface area contributed by atoms with E-state index in [1.54, 1.807) is 13.4 Å². The highest BCUT2D eigenvalue weighted by atomic mass is 79.9. The zero-order valence-corrected chi connectivity index (χ0v) is 11.5. The van der Waals surface area contributed by atoms with Crippen LogP contribution in [-0.2, 0) is 11.3 Å². The first-order valence-electron chi connectivity index (χ1n) is 5.65. The summed E-state index contributed by atoms with van der Waals surface area (Å²) >= 11 is 3.48. The number of hydroxylamine groups is 1. The van der Waals surface area contributed by atoms with E-state index in [4.69, 9.17) is 9.25 Å². The Hall–Kier alpha value is -1.52. The molecule has 0 unspecified atom stereocenters. The summed E-state index contributed by atoms with van der Waals surface area (Å²) in [5, 5.41) is 0. The van der Waals surface area contributed by atoms with Crippen LogP contribution in [0.1, 0.15) is 11.1 Å². The van der Waals surface area contributed by atoms with E-state index in [1.165, 1.54) is 11.1 Å². The molecule has 2 aromatic rings. The van der Waals surface area contributed by atoms with Crippen molar-refractivity contribution in [3.8, 4) is 11.3 Å². The summed E-state index contributed by atoms with van der Waals surface area (Å²) in [5.74, 6) is 0.867. The molecule has 18 heavy (non-hydrogen) atoms. The van der Waals surface area contributed by atoms with Crippen LogP contribution in [0.3, 0.4) is 0 Å². The third-order valence-electron chi connectivity index (χ3n) is 3.01. The van der Waals surface area contributed by atoms with E-state index in [-0.39, 0.29) is 0 Å². The molecule has 0 fully saturated rings. The smallest absolute Gasteiger partial charge is 0.148 e. The largest absolute Gasteiger partial charge is 0.463 e. The normalized spacial score (nSPS) is 13.3. The van der Waals surface area contributed by atoms with E-state index in [9.17, 15) is 0 Å². The van der Waals surface area contributed by atoms with Crippen molar-refractivity contribution < 1.29 is 9.25 Å². The monoisotopic (exact) mass is 305 g/mol. The second kappa shape index (κ2) is 4.63. The lowest BCUT2D eigenvalue weighted by atomic mass is 10.0. The predicted molar refractivity (Wildman–Crippen MR) is 73.7 cm³/mol. The van der Waals surface area contributed by atoms with Gasteiger partial charge in [-0.3, -0.25) is 10.3 Å². The Kier molecular flexibility index (Phi) is 2.97. The summed E-state index contributed by atoms with van der Waals surface area (Å²) in [6, 6.07) is 8.20. The van der Waals surface area contributed by atoms with Crippen molar-refractivity contribution in [1.82, 2.24) is 5.48 Å². The number of hydrogen-bond acceptors (Lipinski definition) is 3. The Morgan fingerprint density at radius 1 is 1.33 bits per heavy atom. The maximum atomic E-state index is 5.48. The Bertz CT molecular complexity index is 616. The van der Waals surface area contributed by atoms with Crippen molar-refractivity contribution in [3.63, 3.8) is 0 Å². The molecule has 0 spiro atoms. The van der Waals surface area contributed by atoms with Gasteiger partial charge in [-0.05, 0) is 40.0 Å². The number of nitrogens with one attached hydrogen (secondary N) is 1. The maximum Gasteiger partial charge on any atom is 0.148 e. The second-order valence-electron chi connectivity index (χ2n) is 4.10. The molecule has 1 aromatic carbocycles. The minimum absolute atomic E-state index is 0.867. The summed E-state index contributed by atoms with van der Waals surface area (Å²) < 4.78 is 6.46. The molecule has 92 valence electrons. The van der Waals surface area contributed by atoms with Gasteiger partial charge in [-0.1, -0.05) is 18.2 Å². The molecule has 1 N–H and O–H groups in total. The molecule has 3 nitrogen and oxygen atoms in total. The zero-order chi connectivity index (χ0) is 12.5. The maximum absolute atomic E-state index is 5.48. The number of halogens is 1. The van der Waals surface area contributed by atoms with Gasteiger partial charge in [-0.15, -0.1) is 0 Å². The molecule has 4 heteroatoms. The van der Waals surface area contributed by atoms with Gasteiger partial charge < -0.3 is 4.42 Å². The van der Waals surface area contributed by atoms with Gasteiger partial charge in [0.15, 0.2) is 0 Å². The van der Waals surface area contributed by atoms with Gasteiger partial charge in [0.2, 0.25) is 0 Å². The average Bonchev–Trinajstić information content (AvgIpc) is 2.96. The number of rotatable bonds is 3. The number of furan rings is 1. The predicted octanol–water partition coefficient (Wildman–Crippen LogP) is 3.76. The number of fused-ring (bicyclic) bond motifs is 1. The van der Waals surface area contributed by atoms with Crippen LogP contribution in [-0.4, -0.2) is 7.11 Å². The fraction of sp³-hybridized carbons (Fsp3) is 0.143. The molecule has 1 heterocycles. The van der Waals surface area contributed by atoms with Crippen LogP contribution in [0, 0.1) is 0 Å². The molecule has 0 bridgehead atoms. The summed E-state index contributed by atoms with van der Waals surface area (Å²) in [7, 11) is 1.62. The zero-order valence-electron chi connectivity index (χ0n) is 9.87. The Morgan fingerprint density at radius 2 is 2.22 bits per heavy atom. The molecule has 0 atom stereocenters. The lowest BCUT2D eigenvalue weighted by Gasteiger charge is -2.08. The highest BCUT2D eigenvalue weighted by molar-refractivity contribution is 9.10. The van der Waals surface area contributed by atoms with E-state index in [0.29, 0.717) is 0 Å². The second-order valence-corrected chi connectivity index (χ2v) is 4.95. The van der Waals surface area contributed by atoms with Crippen LogP contribution in [0.15, 0.2) is 45.5 Å². The van der Waals surface area contributed by atoms with Crippen LogP contribution in [0.5, 0.6) is 0 Å². The van der Waals surface area contributed by atoms with Crippen LogP contribution in [0.25, 0.3) is 17.0 Å². The van der Waals surface area contributed by atoms with Crippen LogP contribution < -0.4 is 5.48 Å². The average molecular weight is 306 g/mol. The SMILES string of the molecule is CONC1=CCc2cc(-c3occc3Br)ccc21. The van der Waals surface area contributed by atoms with E-state index in [1.807, 2.05) is 6.07 Å². The Labute approximate surface area is 114 Å². The molecular weight excluding hydrogens is 294 g/mol. The van der Waals surface area contributed by atoms with Gasteiger partial charge >= 0.3 is 0 Å². The molecule has 0 saturated heterocycles. The quantitative estimate of drug-likeness (QED) is 0.877. The molecule has 1 aliphatic rings. The van der Waals surface area contributed by atoms with E-state index < -0.39 is 0 Å². The van der Waals surface area contributed by atoms with E-state index in [0.717, 1.165) is 27.9 Å². The third-order valence-corrected chi connectivity index (χ3v) is 3.64. The summed E-state index contributed by atoms with van der Waals surface area (Å²) in [5.41, 5.74) is 7.46. The minimum Gasteiger partial charge on any atom is -0.463 e. The van der Waals surface area contributed by atoms with E-state index >= 15 is 0 Å². The molecule has 3 rings (SSSR count). The molecular formula is C14H12BrNO2. The van der Waals surface area contributed by atoms with Gasteiger partial charge in [-0.2, -0.15) is 0 Å². The fourth-order valence-corrected chi connectivity index (χ4v) is 2.63. The molecule has 0 aliphatic heterocycles. The minimum atomic E-state index is 0.867. The molecule has 1 aromatic heterocycles. The van der Waals surface area contributed by atoms with Crippen molar-refractivity contribution in [2.75, 3.05) is 7.11 Å². The van der Waals surface area contributed by atoms with Crippen LogP contribution in [0.2, 0.25) is 0 Å². The first-order chi connectivity index (χ1) is 8.79. The van der Waals surface area contributed by atoms with Crippen molar-refractivity contribution >= 4 is 21.6 Å². The van der Waals surface area contributed by atoms with Gasteiger partial charge in [0.1, 0.15) is 5.76 Å². The number of benzene rings is 1. The topological polar surface area (TPSA) is 34.4 Å². The summed E-state index contributed by atoms with van der Waals surface area (Å²) in [6.45, 7) is 0. The van der Waals surface area contributed by atoms with Gasteiger partial charge in [-0.25, -0.2) is 0 Å². The highest BCUT2D eigenvalue weighted by Gasteiger charge is 2.16. The molecule has 0 amide bonds. The Balaban J connectivity index is 1.98. The van der Waals surface area contributed by atoms with Crippen molar-refractivity contribution in [2.24, 2.45) is 0 Å². The highest BCUT2D eigenvalue weighted by Crippen LogP contribution is 2.33. The first-order valence-corrected chi connectivity index (χ1v) is 6.44. The van der Waals surface area contributed by atoms with E-state index in [2.05, 4.69) is 45.7 Å². The summed E-state index contributed by atoms with van der Waals surface area (Å²) in [6.07, 6.45) is 4.71. The van der Waals surface area contributed by atoms with Crippen molar-refractivity contribution in [2.45, 2.75) is 6.42 Å². The lowest BCUT2D eigenvalue weighted by Crippen LogP contribution is -2.08. The summed E-state index contributed by atoms with van der Waals surface area (Å²) in [4.78, 5) is 4.96. The number of allylic oxidation sites excluding steroid dienone is 1. The Morgan fingerprint density at radius 3 is 2.94 bits per heavy atom. The van der Waals surface area contributed by atoms with Crippen LogP contribution >= 0.6 is 15.9 Å².